The largest absolute Gasteiger partial charge is 0.490 e. The fourth-order valence-electron chi connectivity index (χ4n) is 7.49. The predicted octanol–water partition coefficient (Wildman–Crippen LogP) is 11.5. The summed E-state index contributed by atoms with van der Waals surface area (Å²) in [5.41, 5.74) is 6.46. The molecule has 0 aromatic heterocycles. The topological polar surface area (TPSA) is 95.8 Å². The lowest BCUT2D eigenvalue weighted by Crippen LogP contribution is -2.38. The van der Waals surface area contributed by atoms with E-state index in [4.69, 9.17) is 28.4 Å². The van der Waals surface area contributed by atoms with Crippen molar-refractivity contribution in [2.75, 3.05) is 79.3 Å². The van der Waals surface area contributed by atoms with Gasteiger partial charge < -0.3 is 38.6 Å². The summed E-state index contributed by atoms with van der Waals surface area (Å²) in [5, 5.41) is 20.6. The summed E-state index contributed by atoms with van der Waals surface area (Å²) in [4.78, 5) is 0. The van der Waals surface area contributed by atoms with Gasteiger partial charge in [0.05, 0.1) is 72.7 Å². The second-order valence-electron chi connectivity index (χ2n) is 17.0. The molecule has 4 rings (SSSR count). The van der Waals surface area contributed by atoms with Crippen LogP contribution in [0.4, 0.5) is 0 Å². The first-order valence-corrected chi connectivity index (χ1v) is 23.1. The minimum atomic E-state index is -0.838. The first-order valence-electron chi connectivity index (χ1n) is 23.1. The predicted molar refractivity (Wildman–Crippen MR) is 267 cm³/mol. The van der Waals surface area contributed by atoms with Gasteiger partial charge in [0.15, 0.2) is 0 Å². The normalized spacial score (nSPS) is 13.4. The lowest BCUT2D eigenvalue weighted by molar-refractivity contribution is -0.0801. The van der Waals surface area contributed by atoms with Crippen LogP contribution in [0.3, 0.4) is 0 Å². The molecule has 0 spiro atoms. The van der Waals surface area contributed by atoms with E-state index in [2.05, 4.69) is 145 Å². The molecule has 4 unspecified atom stereocenters. The molecule has 4 aromatic carbocycles. The lowest BCUT2D eigenvalue weighted by Gasteiger charge is -2.32. The molecular formula is C57H78O8. The third-order valence-corrected chi connectivity index (χ3v) is 12.1. The fourth-order valence-corrected chi connectivity index (χ4v) is 7.49. The van der Waals surface area contributed by atoms with Gasteiger partial charge in [0, 0.05) is 39.7 Å². The Labute approximate surface area is 391 Å². The van der Waals surface area contributed by atoms with E-state index < -0.39 is 6.10 Å². The Bertz CT molecular complexity index is 1810. The van der Waals surface area contributed by atoms with E-state index in [1.807, 2.05) is 19.1 Å². The van der Waals surface area contributed by atoms with Gasteiger partial charge in [0.2, 0.25) is 0 Å². The van der Waals surface area contributed by atoms with Gasteiger partial charge in [-0.2, -0.15) is 0 Å². The molecule has 8 nitrogen and oxygen atoms in total. The van der Waals surface area contributed by atoms with E-state index in [0.717, 1.165) is 29.7 Å². The maximum atomic E-state index is 11.3. The number of aliphatic hydroxyl groups is 2. The standard InChI is InChI=1S/C45H56O5.C12H22O3/c1-7-25-47-31-45(9-3,32-48-26-8-2)33-49-29-41(46)30-50-44-42(35(5)38-21-15-11-16-22-38)27-40(34(4)37-19-13-10-14-20-37)28-43(44)36(6)39-23-17-12-18-24-39;1-4-7-14-10-12(6-3,9-13)11-15-8-5-2/h7-8,10-24,27-28,34-36,41,46H,1-2,9,25-26,29-33H2,3-6H3;4-5,13H,1-2,6-11H2,3H3. The third kappa shape index (κ3) is 17.9. The van der Waals surface area contributed by atoms with Crippen molar-refractivity contribution in [2.24, 2.45) is 10.8 Å². The number of hydrogen-bond donors (Lipinski definition) is 2. The fraction of sp³-hybridized carbons (Fsp3) is 0.439. The Morgan fingerprint density at radius 1 is 0.492 bits per heavy atom. The van der Waals surface area contributed by atoms with Crippen molar-refractivity contribution in [1.29, 1.82) is 0 Å². The summed E-state index contributed by atoms with van der Waals surface area (Å²) in [6.07, 6.45) is 7.64. The second-order valence-corrected chi connectivity index (χ2v) is 17.0. The van der Waals surface area contributed by atoms with Crippen LogP contribution in [0.5, 0.6) is 5.75 Å². The first kappa shape index (κ1) is 54.7. The van der Waals surface area contributed by atoms with Gasteiger partial charge in [0.1, 0.15) is 18.5 Å². The van der Waals surface area contributed by atoms with Crippen LogP contribution in [0.1, 0.15) is 98.6 Å². The van der Waals surface area contributed by atoms with Gasteiger partial charge in [-0.1, -0.05) is 162 Å². The van der Waals surface area contributed by atoms with Crippen molar-refractivity contribution in [2.45, 2.75) is 71.3 Å². The van der Waals surface area contributed by atoms with Crippen molar-refractivity contribution in [3.05, 3.63) is 187 Å². The molecule has 0 amide bonds. The summed E-state index contributed by atoms with van der Waals surface area (Å²) in [6, 6.07) is 36.3. The Balaban J connectivity index is 0.000000639. The summed E-state index contributed by atoms with van der Waals surface area (Å²) in [7, 11) is 0. The smallest absolute Gasteiger partial charge is 0.127 e. The molecule has 0 fully saturated rings. The molecule has 8 heteroatoms. The zero-order valence-corrected chi connectivity index (χ0v) is 40.0. The molecule has 0 aliphatic rings. The molecule has 65 heavy (non-hydrogen) atoms. The van der Waals surface area contributed by atoms with Gasteiger partial charge in [-0.15, -0.1) is 26.3 Å². The van der Waals surface area contributed by atoms with Crippen molar-refractivity contribution >= 4 is 0 Å². The molecule has 0 aliphatic heterocycles. The van der Waals surface area contributed by atoms with Crippen LogP contribution in [-0.4, -0.2) is 95.6 Å². The molecule has 0 heterocycles. The van der Waals surface area contributed by atoms with E-state index in [9.17, 15) is 10.2 Å². The van der Waals surface area contributed by atoms with E-state index in [0.29, 0.717) is 59.5 Å². The Hall–Kier alpha value is -4.64. The minimum absolute atomic E-state index is 0.0561. The summed E-state index contributed by atoms with van der Waals surface area (Å²) < 4.78 is 35.3. The number of benzene rings is 4. The molecule has 2 N–H and O–H groups in total. The zero-order chi connectivity index (χ0) is 47.3. The summed E-state index contributed by atoms with van der Waals surface area (Å²) >= 11 is 0. The quantitative estimate of drug-likeness (QED) is 0.0370. The van der Waals surface area contributed by atoms with Gasteiger partial charge in [-0.25, -0.2) is 0 Å². The molecule has 0 saturated carbocycles. The highest BCUT2D eigenvalue weighted by Crippen LogP contribution is 2.43. The van der Waals surface area contributed by atoms with Crippen molar-refractivity contribution in [3.8, 4) is 5.75 Å². The van der Waals surface area contributed by atoms with Gasteiger partial charge in [0.25, 0.3) is 0 Å². The highest BCUT2D eigenvalue weighted by Gasteiger charge is 2.31. The molecule has 0 aliphatic carbocycles. The van der Waals surface area contributed by atoms with E-state index >= 15 is 0 Å². The maximum absolute atomic E-state index is 11.3. The van der Waals surface area contributed by atoms with Crippen molar-refractivity contribution in [3.63, 3.8) is 0 Å². The van der Waals surface area contributed by atoms with Crippen LogP contribution in [0.15, 0.2) is 154 Å². The number of rotatable bonds is 32. The third-order valence-electron chi connectivity index (χ3n) is 12.1. The van der Waals surface area contributed by atoms with Crippen LogP contribution in [0, 0.1) is 10.8 Å². The molecule has 4 aromatic rings. The maximum Gasteiger partial charge on any atom is 0.127 e. The van der Waals surface area contributed by atoms with Gasteiger partial charge in [-0.05, 0) is 35.1 Å². The summed E-state index contributed by atoms with van der Waals surface area (Å²) in [6.45, 7) is 30.0. The average molecular weight is 891 g/mol. The van der Waals surface area contributed by atoms with E-state index in [-0.39, 0.29) is 48.4 Å². The highest BCUT2D eigenvalue weighted by molar-refractivity contribution is 5.54. The summed E-state index contributed by atoms with van der Waals surface area (Å²) in [5.74, 6) is 1.11. The minimum Gasteiger partial charge on any atom is -0.490 e. The molecule has 0 saturated heterocycles. The second kappa shape index (κ2) is 30.5. The van der Waals surface area contributed by atoms with Gasteiger partial charge >= 0.3 is 0 Å². The molecule has 0 radical (unpaired) electrons. The highest BCUT2D eigenvalue weighted by atomic mass is 16.5. The Morgan fingerprint density at radius 2 is 0.846 bits per heavy atom. The Kier molecular flexibility index (Phi) is 25.7. The number of ether oxygens (including phenoxy) is 6. The SMILES string of the molecule is C=CCOCC(CC)(CO)COCC=C.C=CCOCC(CC)(COCC=C)COCC(O)COc1c(C(C)c2ccccc2)cc(C(C)c2ccccc2)cc1C(C)c1ccccc1. The Morgan fingerprint density at radius 3 is 1.20 bits per heavy atom. The van der Waals surface area contributed by atoms with E-state index in [1.165, 1.54) is 22.3 Å². The molecule has 4 atom stereocenters. The average Bonchev–Trinajstić information content (AvgIpc) is 3.35. The van der Waals surface area contributed by atoms with Gasteiger partial charge in [-0.3, -0.25) is 0 Å². The number of hydrogen-bond acceptors (Lipinski definition) is 8. The molecule has 0 bridgehead atoms. The van der Waals surface area contributed by atoms with Crippen molar-refractivity contribution in [1.82, 2.24) is 0 Å². The van der Waals surface area contributed by atoms with E-state index in [1.54, 1.807) is 24.3 Å². The number of aliphatic hydroxyl groups excluding tert-OH is 2. The van der Waals surface area contributed by atoms with Crippen LogP contribution >= 0.6 is 0 Å². The van der Waals surface area contributed by atoms with Crippen LogP contribution < -0.4 is 4.74 Å². The molecular weight excluding hydrogens is 813 g/mol. The first-order chi connectivity index (χ1) is 31.6. The molecule has 354 valence electrons. The van der Waals surface area contributed by atoms with Crippen LogP contribution in [0.2, 0.25) is 0 Å². The lowest BCUT2D eigenvalue weighted by atomic mass is 9.81. The van der Waals surface area contributed by atoms with Crippen molar-refractivity contribution < 1.29 is 38.6 Å². The monoisotopic (exact) mass is 891 g/mol. The van der Waals surface area contributed by atoms with Crippen LogP contribution in [-0.2, 0) is 23.7 Å². The zero-order valence-electron chi connectivity index (χ0n) is 40.0. The van der Waals surface area contributed by atoms with Crippen LogP contribution in [0.25, 0.3) is 0 Å².